The lowest BCUT2D eigenvalue weighted by Gasteiger charge is -2.37. The van der Waals surface area contributed by atoms with Gasteiger partial charge in [0, 0.05) is 24.8 Å². The summed E-state index contributed by atoms with van der Waals surface area (Å²) >= 11 is 0. The molecule has 0 spiro atoms. The first-order chi connectivity index (χ1) is 14.9. The van der Waals surface area contributed by atoms with Gasteiger partial charge in [0.2, 0.25) is 0 Å². The molecule has 0 bridgehead atoms. The fourth-order valence-electron chi connectivity index (χ4n) is 3.77. The molecule has 1 fully saturated rings. The monoisotopic (exact) mass is 425 g/mol. The van der Waals surface area contributed by atoms with Gasteiger partial charge < -0.3 is 24.2 Å². The number of methoxy groups -OCH3 is 1. The van der Waals surface area contributed by atoms with Crippen molar-refractivity contribution in [1.29, 1.82) is 0 Å². The predicted molar refractivity (Wildman–Crippen MR) is 115 cm³/mol. The van der Waals surface area contributed by atoms with Crippen molar-refractivity contribution in [3.8, 4) is 17.1 Å². The van der Waals surface area contributed by atoms with E-state index < -0.39 is 11.7 Å². The number of aromatic nitrogens is 1. The zero-order chi connectivity index (χ0) is 22.0. The van der Waals surface area contributed by atoms with Gasteiger partial charge in [-0.2, -0.15) is 0 Å². The van der Waals surface area contributed by atoms with Crippen molar-refractivity contribution in [2.45, 2.75) is 26.1 Å². The van der Waals surface area contributed by atoms with Crippen LogP contribution in [0.3, 0.4) is 0 Å². The molecule has 1 aliphatic heterocycles. The molecule has 2 heterocycles. The van der Waals surface area contributed by atoms with Crippen LogP contribution in [0.4, 0.5) is 15.8 Å². The summed E-state index contributed by atoms with van der Waals surface area (Å²) in [5.41, 5.74) is 1.59. The number of carbonyl (C=O) groups excluding carboxylic acids is 1. The smallest absolute Gasteiger partial charge is 0.277 e. The molecule has 2 unspecified atom stereocenters. The third-order valence-corrected chi connectivity index (χ3v) is 5.08. The Kier molecular flexibility index (Phi) is 5.90. The predicted octanol–water partition coefficient (Wildman–Crippen LogP) is 4.36. The summed E-state index contributed by atoms with van der Waals surface area (Å²) in [5, 5.41) is 6.50. The van der Waals surface area contributed by atoms with Gasteiger partial charge in [-0.15, -0.1) is 0 Å². The molecule has 2 aromatic carbocycles. The van der Waals surface area contributed by atoms with Crippen LogP contribution in [-0.2, 0) is 4.74 Å². The van der Waals surface area contributed by atoms with Crippen molar-refractivity contribution in [2.75, 3.05) is 30.4 Å². The minimum absolute atomic E-state index is 0.0205. The van der Waals surface area contributed by atoms with E-state index in [1.165, 1.54) is 12.1 Å². The largest absolute Gasteiger partial charge is 0.496 e. The minimum Gasteiger partial charge on any atom is -0.496 e. The molecule has 1 saturated heterocycles. The van der Waals surface area contributed by atoms with Crippen LogP contribution in [-0.4, -0.2) is 43.5 Å². The van der Waals surface area contributed by atoms with Gasteiger partial charge in [0.05, 0.1) is 30.6 Å². The maximum atomic E-state index is 14.8. The first-order valence-corrected chi connectivity index (χ1v) is 10.1. The van der Waals surface area contributed by atoms with Crippen molar-refractivity contribution in [1.82, 2.24) is 5.16 Å². The minimum atomic E-state index is -0.495. The van der Waals surface area contributed by atoms with Gasteiger partial charge >= 0.3 is 0 Å². The van der Waals surface area contributed by atoms with Crippen molar-refractivity contribution >= 4 is 17.3 Å². The maximum absolute atomic E-state index is 14.8. The fraction of sp³-hybridized carbons (Fsp3) is 0.304. The Bertz CT molecular complexity index is 1070. The Hall–Kier alpha value is -3.39. The molecule has 1 amide bonds. The molecule has 162 valence electrons. The number of halogens is 1. The standard InChI is InChI=1S/C23H24FN3O4/c1-14-12-27(13-15(2)30-14)20-9-8-16(10-18(20)24)25-23(28)19-11-22(31-26-19)17-6-4-5-7-21(17)29-3/h4-11,14-15H,12-13H2,1-3H3,(H,25,28). The highest BCUT2D eigenvalue weighted by Gasteiger charge is 2.24. The van der Waals surface area contributed by atoms with Gasteiger partial charge in [-0.3, -0.25) is 4.79 Å². The Morgan fingerprint density at radius 3 is 2.61 bits per heavy atom. The van der Waals surface area contributed by atoms with Crippen molar-refractivity contribution in [3.63, 3.8) is 0 Å². The van der Waals surface area contributed by atoms with Crippen LogP contribution in [0.15, 0.2) is 53.1 Å². The summed E-state index contributed by atoms with van der Waals surface area (Å²) in [6.07, 6.45) is 0.0410. The van der Waals surface area contributed by atoms with Crippen LogP contribution in [0.1, 0.15) is 24.3 Å². The fourth-order valence-corrected chi connectivity index (χ4v) is 3.77. The van der Waals surface area contributed by atoms with Crippen LogP contribution in [0.2, 0.25) is 0 Å². The molecule has 7 nitrogen and oxygen atoms in total. The van der Waals surface area contributed by atoms with Crippen molar-refractivity contribution < 1.29 is 23.2 Å². The van der Waals surface area contributed by atoms with Crippen molar-refractivity contribution in [3.05, 3.63) is 60.0 Å². The second-order valence-corrected chi connectivity index (χ2v) is 7.56. The molecule has 4 rings (SSSR count). The summed E-state index contributed by atoms with van der Waals surface area (Å²) in [5.74, 6) is 0.106. The van der Waals surface area contributed by atoms with Gasteiger partial charge in [-0.25, -0.2) is 4.39 Å². The Balaban J connectivity index is 1.48. The van der Waals surface area contributed by atoms with E-state index in [1.807, 2.05) is 36.9 Å². The van der Waals surface area contributed by atoms with Gasteiger partial charge in [0.1, 0.15) is 11.6 Å². The Morgan fingerprint density at radius 2 is 1.90 bits per heavy atom. The van der Waals surface area contributed by atoms with E-state index in [0.29, 0.717) is 41.5 Å². The maximum Gasteiger partial charge on any atom is 0.277 e. The molecule has 1 aliphatic rings. The highest BCUT2D eigenvalue weighted by atomic mass is 19.1. The van der Waals surface area contributed by atoms with E-state index in [4.69, 9.17) is 14.0 Å². The van der Waals surface area contributed by atoms with Gasteiger partial charge in [0.15, 0.2) is 11.5 Å². The second kappa shape index (κ2) is 8.77. The molecular formula is C23H24FN3O4. The number of morpholine rings is 1. The average Bonchev–Trinajstić information content (AvgIpc) is 3.23. The molecule has 1 N–H and O–H groups in total. The van der Waals surface area contributed by atoms with E-state index >= 15 is 0 Å². The van der Waals surface area contributed by atoms with Gasteiger partial charge in [-0.05, 0) is 44.2 Å². The number of benzene rings is 2. The van der Waals surface area contributed by atoms with E-state index in [9.17, 15) is 9.18 Å². The van der Waals surface area contributed by atoms with Crippen molar-refractivity contribution in [2.24, 2.45) is 0 Å². The summed E-state index contributed by atoms with van der Waals surface area (Å²) in [7, 11) is 1.55. The number of rotatable bonds is 5. The topological polar surface area (TPSA) is 76.8 Å². The molecule has 8 heteroatoms. The van der Waals surface area contributed by atoms with E-state index in [1.54, 1.807) is 25.3 Å². The molecular weight excluding hydrogens is 401 g/mol. The molecule has 0 radical (unpaired) electrons. The lowest BCUT2D eigenvalue weighted by molar-refractivity contribution is -0.00539. The zero-order valence-electron chi connectivity index (χ0n) is 17.6. The van der Waals surface area contributed by atoms with Crippen LogP contribution in [0.5, 0.6) is 5.75 Å². The third kappa shape index (κ3) is 4.54. The normalized spacial score (nSPS) is 18.6. The number of para-hydroxylation sites is 1. The van der Waals surface area contributed by atoms with Gasteiger partial charge in [0.25, 0.3) is 5.91 Å². The number of amides is 1. The van der Waals surface area contributed by atoms with Crippen LogP contribution in [0.25, 0.3) is 11.3 Å². The number of carbonyl (C=O) groups is 1. The van der Waals surface area contributed by atoms with E-state index in [-0.39, 0.29) is 17.9 Å². The highest BCUT2D eigenvalue weighted by Crippen LogP contribution is 2.30. The first-order valence-electron chi connectivity index (χ1n) is 10.1. The number of nitrogens with zero attached hydrogens (tertiary/aromatic N) is 2. The molecule has 1 aromatic heterocycles. The summed E-state index contributed by atoms with van der Waals surface area (Å²) in [6.45, 7) is 5.15. The lowest BCUT2D eigenvalue weighted by atomic mass is 10.1. The SMILES string of the molecule is COc1ccccc1-c1cc(C(=O)Nc2ccc(N3CC(C)OC(C)C3)c(F)c2)no1. The molecule has 2 atom stereocenters. The number of ether oxygens (including phenoxy) is 2. The zero-order valence-corrected chi connectivity index (χ0v) is 17.6. The Morgan fingerprint density at radius 1 is 1.16 bits per heavy atom. The van der Waals surface area contributed by atoms with Gasteiger partial charge in [-0.1, -0.05) is 17.3 Å². The number of anilines is 2. The summed E-state index contributed by atoms with van der Waals surface area (Å²) < 4.78 is 31.1. The number of hydrogen-bond acceptors (Lipinski definition) is 6. The van der Waals surface area contributed by atoms with Crippen LogP contribution in [0, 0.1) is 5.82 Å². The van der Waals surface area contributed by atoms with E-state index in [2.05, 4.69) is 10.5 Å². The van der Waals surface area contributed by atoms with E-state index in [0.717, 1.165) is 0 Å². The third-order valence-electron chi connectivity index (χ3n) is 5.08. The van der Waals surface area contributed by atoms with Crippen LogP contribution < -0.4 is 15.0 Å². The summed E-state index contributed by atoms with van der Waals surface area (Å²) in [6, 6.07) is 13.4. The first kappa shape index (κ1) is 20.9. The highest BCUT2D eigenvalue weighted by molar-refractivity contribution is 6.03. The lowest BCUT2D eigenvalue weighted by Crippen LogP contribution is -2.45. The average molecular weight is 425 g/mol. The Labute approximate surface area is 179 Å². The number of nitrogens with one attached hydrogen (secondary N) is 1. The van der Waals surface area contributed by atoms with Crippen LogP contribution >= 0.6 is 0 Å². The molecule has 0 saturated carbocycles. The molecule has 0 aliphatic carbocycles. The number of hydrogen-bond donors (Lipinski definition) is 1. The molecule has 31 heavy (non-hydrogen) atoms. The second-order valence-electron chi connectivity index (χ2n) is 7.56. The summed E-state index contributed by atoms with van der Waals surface area (Å²) in [4.78, 5) is 14.5. The molecule has 3 aromatic rings. The quantitative estimate of drug-likeness (QED) is 0.655.